The van der Waals surface area contributed by atoms with Gasteiger partial charge in [0.05, 0.1) is 24.2 Å². The van der Waals surface area contributed by atoms with Crippen LogP contribution in [0.25, 0.3) is 0 Å². The second-order valence-corrected chi connectivity index (χ2v) is 3.50. The number of aliphatic hydroxyl groups excluding tert-OH is 2. The molecule has 0 aliphatic carbocycles. The van der Waals surface area contributed by atoms with E-state index in [1.165, 1.54) is 6.07 Å². The lowest BCUT2D eigenvalue weighted by molar-refractivity contribution is -0.385. The molecule has 0 atom stereocenters. The van der Waals surface area contributed by atoms with Crippen molar-refractivity contribution in [3.05, 3.63) is 33.9 Å². The number of nitrogens with one attached hydrogen (secondary N) is 1. The summed E-state index contributed by atoms with van der Waals surface area (Å²) in [4.78, 5) is 20.7. The molecule has 98 valence electrons. The average molecular weight is 256 g/mol. The quantitative estimate of drug-likeness (QED) is 0.417. The van der Waals surface area contributed by atoms with E-state index in [9.17, 15) is 14.9 Å². The van der Waals surface area contributed by atoms with Gasteiger partial charge in [-0.3, -0.25) is 10.1 Å². The minimum Gasteiger partial charge on any atom is -0.477 e. The zero-order chi connectivity index (χ0) is 13.7. The van der Waals surface area contributed by atoms with Crippen molar-refractivity contribution in [1.82, 2.24) is 0 Å². The van der Waals surface area contributed by atoms with Gasteiger partial charge in [0.15, 0.2) is 0 Å². The van der Waals surface area contributed by atoms with Crippen LogP contribution < -0.4 is 5.32 Å². The van der Waals surface area contributed by atoms with E-state index in [0.29, 0.717) is 0 Å². The molecule has 1 rings (SSSR count). The van der Waals surface area contributed by atoms with E-state index in [0.717, 1.165) is 12.1 Å². The average Bonchev–Trinajstić information content (AvgIpc) is 2.35. The van der Waals surface area contributed by atoms with E-state index < -0.39 is 28.2 Å². The van der Waals surface area contributed by atoms with Gasteiger partial charge >= 0.3 is 5.97 Å². The highest BCUT2D eigenvalue weighted by molar-refractivity contribution is 5.93. The molecule has 0 aromatic heterocycles. The molecule has 0 saturated heterocycles. The Hall–Kier alpha value is -2.19. The fourth-order valence-corrected chi connectivity index (χ4v) is 1.34. The third-order valence-corrected chi connectivity index (χ3v) is 2.24. The number of nitro groups is 1. The van der Waals surface area contributed by atoms with Crippen molar-refractivity contribution in [3.63, 3.8) is 0 Å². The van der Waals surface area contributed by atoms with Gasteiger partial charge in [-0.1, -0.05) is 0 Å². The van der Waals surface area contributed by atoms with E-state index in [-0.39, 0.29) is 18.9 Å². The molecule has 0 amide bonds. The Kier molecular flexibility index (Phi) is 4.58. The number of aliphatic hydroxyl groups is 2. The van der Waals surface area contributed by atoms with Gasteiger partial charge in [0, 0.05) is 11.8 Å². The number of carboxylic acid groups (broad SMARTS) is 1. The second-order valence-electron chi connectivity index (χ2n) is 3.50. The van der Waals surface area contributed by atoms with Crippen LogP contribution >= 0.6 is 0 Å². The fraction of sp³-hybridized carbons (Fsp3) is 0.300. The van der Waals surface area contributed by atoms with Crippen LogP contribution in [0.4, 0.5) is 11.4 Å². The van der Waals surface area contributed by atoms with Crippen LogP contribution in [-0.4, -0.2) is 45.5 Å². The highest BCUT2D eigenvalue weighted by Gasteiger charge is 2.20. The van der Waals surface area contributed by atoms with Gasteiger partial charge in [0.2, 0.25) is 0 Å². The number of hydrogen-bond donors (Lipinski definition) is 4. The van der Waals surface area contributed by atoms with Gasteiger partial charge in [-0.05, 0) is 12.1 Å². The van der Waals surface area contributed by atoms with E-state index in [1.807, 2.05) is 0 Å². The lowest BCUT2D eigenvalue weighted by Crippen LogP contribution is -2.27. The van der Waals surface area contributed by atoms with Crippen molar-refractivity contribution in [3.8, 4) is 0 Å². The first kappa shape index (κ1) is 13.9. The van der Waals surface area contributed by atoms with E-state index in [1.54, 1.807) is 0 Å². The van der Waals surface area contributed by atoms with Gasteiger partial charge in [0.1, 0.15) is 5.56 Å². The van der Waals surface area contributed by atoms with Gasteiger partial charge in [-0.15, -0.1) is 0 Å². The SMILES string of the molecule is O=C(O)c1ccc(NC(CO)CO)cc1[N+](=O)[O-]. The predicted molar refractivity (Wildman–Crippen MR) is 61.6 cm³/mol. The molecular weight excluding hydrogens is 244 g/mol. The fourth-order valence-electron chi connectivity index (χ4n) is 1.34. The second kappa shape index (κ2) is 5.94. The molecule has 0 radical (unpaired) electrons. The minimum absolute atomic E-state index is 0.250. The number of carboxylic acids is 1. The first-order chi connectivity index (χ1) is 8.49. The summed E-state index contributed by atoms with van der Waals surface area (Å²) in [6.45, 7) is -0.712. The van der Waals surface area contributed by atoms with Crippen molar-refractivity contribution in [2.45, 2.75) is 6.04 Å². The topological polar surface area (TPSA) is 133 Å². The van der Waals surface area contributed by atoms with E-state index >= 15 is 0 Å². The van der Waals surface area contributed by atoms with Gasteiger partial charge < -0.3 is 20.6 Å². The first-order valence-corrected chi connectivity index (χ1v) is 4.99. The summed E-state index contributed by atoms with van der Waals surface area (Å²) in [6, 6.07) is 2.80. The summed E-state index contributed by atoms with van der Waals surface area (Å²) in [6.07, 6.45) is 0. The number of hydrogen-bond acceptors (Lipinski definition) is 6. The maximum absolute atomic E-state index is 10.8. The predicted octanol–water partition coefficient (Wildman–Crippen LogP) is 0.0581. The Morgan fingerprint density at radius 1 is 1.39 bits per heavy atom. The molecule has 0 aliphatic rings. The van der Waals surface area contributed by atoms with Gasteiger partial charge in [0.25, 0.3) is 5.69 Å². The van der Waals surface area contributed by atoms with Gasteiger partial charge in [-0.2, -0.15) is 0 Å². The van der Waals surface area contributed by atoms with E-state index in [2.05, 4.69) is 5.32 Å². The lowest BCUT2D eigenvalue weighted by Gasteiger charge is -2.14. The van der Waals surface area contributed by atoms with Crippen molar-refractivity contribution in [1.29, 1.82) is 0 Å². The highest BCUT2D eigenvalue weighted by atomic mass is 16.6. The number of aromatic carboxylic acids is 1. The molecule has 8 nitrogen and oxygen atoms in total. The highest BCUT2D eigenvalue weighted by Crippen LogP contribution is 2.23. The summed E-state index contributed by atoms with van der Waals surface area (Å²) >= 11 is 0. The van der Waals surface area contributed by atoms with Crippen molar-refractivity contribution in [2.75, 3.05) is 18.5 Å². The summed E-state index contributed by atoms with van der Waals surface area (Å²) in [5, 5.41) is 39.9. The molecule has 0 unspecified atom stereocenters. The smallest absolute Gasteiger partial charge is 0.342 e. The molecule has 4 N–H and O–H groups in total. The monoisotopic (exact) mass is 256 g/mol. The van der Waals surface area contributed by atoms with Crippen LogP contribution in [0.2, 0.25) is 0 Å². The largest absolute Gasteiger partial charge is 0.477 e. The lowest BCUT2D eigenvalue weighted by atomic mass is 10.1. The Bertz CT molecular complexity index is 458. The summed E-state index contributed by atoms with van der Waals surface area (Å²) in [5.41, 5.74) is -0.725. The van der Waals surface area contributed by atoms with Crippen LogP contribution in [0.5, 0.6) is 0 Å². The van der Waals surface area contributed by atoms with Crippen molar-refractivity contribution < 1.29 is 25.0 Å². The molecule has 0 fully saturated rings. The summed E-state index contributed by atoms with van der Waals surface area (Å²) in [5.74, 6) is -1.39. The third kappa shape index (κ3) is 3.15. The zero-order valence-corrected chi connectivity index (χ0v) is 9.24. The molecular formula is C10H12N2O6. The first-order valence-electron chi connectivity index (χ1n) is 4.99. The van der Waals surface area contributed by atoms with Crippen molar-refractivity contribution in [2.24, 2.45) is 0 Å². The number of nitro benzene ring substituents is 1. The van der Waals surface area contributed by atoms with E-state index in [4.69, 9.17) is 15.3 Å². The Morgan fingerprint density at radius 2 is 2.00 bits per heavy atom. The Balaban J connectivity index is 3.07. The maximum Gasteiger partial charge on any atom is 0.342 e. The Morgan fingerprint density at radius 3 is 2.44 bits per heavy atom. The number of rotatable bonds is 6. The Labute approximate surface area is 102 Å². The molecule has 18 heavy (non-hydrogen) atoms. The third-order valence-electron chi connectivity index (χ3n) is 2.24. The number of carbonyl (C=O) groups is 1. The molecule has 0 heterocycles. The number of benzene rings is 1. The molecule has 0 bridgehead atoms. The van der Waals surface area contributed by atoms with Crippen LogP contribution in [0.15, 0.2) is 18.2 Å². The molecule has 0 spiro atoms. The van der Waals surface area contributed by atoms with Crippen LogP contribution in [-0.2, 0) is 0 Å². The minimum atomic E-state index is -1.39. The van der Waals surface area contributed by atoms with Crippen LogP contribution in [0.3, 0.4) is 0 Å². The van der Waals surface area contributed by atoms with Crippen molar-refractivity contribution >= 4 is 17.3 Å². The molecule has 1 aromatic carbocycles. The molecule has 0 aliphatic heterocycles. The summed E-state index contributed by atoms with van der Waals surface area (Å²) in [7, 11) is 0. The number of nitrogens with zero attached hydrogens (tertiary/aromatic N) is 1. The maximum atomic E-state index is 10.8. The standard InChI is InChI=1S/C10H12N2O6/c13-4-7(5-14)11-6-1-2-8(10(15)16)9(3-6)12(17)18/h1-3,7,11,13-14H,4-5H2,(H,15,16). The zero-order valence-electron chi connectivity index (χ0n) is 9.24. The normalized spacial score (nSPS) is 10.4. The molecule has 0 saturated carbocycles. The van der Waals surface area contributed by atoms with Gasteiger partial charge in [-0.25, -0.2) is 4.79 Å². The van der Waals surface area contributed by atoms with Crippen LogP contribution in [0.1, 0.15) is 10.4 Å². The summed E-state index contributed by atoms with van der Waals surface area (Å²) < 4.78 is 0. The molecule has 1 aromatic rings. The van der Waals surface area contributed by atoms with Crippen LogP contribution in [0, 0.1) is 10.1 Å². The number of anilines is 1. The molecule has 8 heteroatoms.